The van der Waals surface area contributed by atoms with E-state index in [1.807, 2.05) is 6.92 Å². The fourth-order valence-corrected chi connectivity index (χ4v) is 3.91. The summed E-state index contributed by atoms with van der Waals surface area (Å²) >= 11 is 0. The highest BCUT2D eigenvalue weighted by Gasteiger charge is 2.31. The lowest BCUT2D eigenvalue weighted by atomic mass is 9.97. The predicted molar refractivity (Wildman–Crippen MR) is 105 cm³/mol. The van der Waals surface area contributed by atoms with E-state index in [2.05, 4.69) is 20.2 Å². The van der Waals surface area contributed by atoms with E-state index in [-0.39, 0.29) is 17.6 Å². The predicted octanol–water partition coefficient (Wildman–Crippen LogP) is 3.25. The molecule has 9 heteroatoms. The van der Waals surface area contributed by atoms with Gasteiger partial charge in [0.05, 0.1) is 11.6 Å². The fourth-order valence-electron chi connectivity index (χ4n) is 3.91. The number of likely N-dealkylation sites (tertiary alicyclic amines) is 1. The van der Waals surface area contributed by atoms with Gasteiger partial charge < -0.3 is 9.42 Å². The molecule has 1 fully saturated rings. The first-order chi connectivity index (χ1) is 14.6. The van der Waals surface area contributed by atoms with E-state index in [0.29, 0.717) is 47.3 Å². The number of fused-ring (bicyclic) bond motifs is 1. The Kier molecular flexibility index (Phi) is 4.50. The van der Waals surface area contributed by atoms with Gasteiger partial charge in [-0.3, -0.25) is 4.79 Å². The molecule has 1 unspecified atom stereocenters. The number of rotatable bonds is 3. The highest BCUT2D eigenvalue weighted by atomic mass is 19.1. The highest BCUT2D eigenvalue weighted by Crippen LogP contribution is 2.29. The van der Waals surface area contributed by atoms with Crippen LogP contribution in [0, 0.1) is 12.7 Å². The molecule has 0 N–H and O–H groups in total. The second-order valence-electron chi connectivity index (χ2n) is 7.41. The maximum atomic E-state index is 13.5. The quantitative estimate of drug-likeness (QED) is 0.519. The van der Waals surface area contributed by atoms with Crippen LogP contribution in [0.5, 0.6) is 0 Å². The monoisotopic (exact) mass is 406 g/mol. The molecule has 30 heavy (non-hydrogen) atoms. The summed E-state index contributed by atoms with van der Waals surface area (Å²) in [4.78, 5) is 23.8. The molecule has 0 aliphatic carbocycles. The van der Waals surface area contributed by atoms with E-state index >= 15 is 0 Å². The van der Waals surface area contributed by atoms with Crippen molar-refractivity contribution in [2.24, 2.45) is 0 Å². The molecular weight excluding hydrogens is 387 g/mol. The molecule has 0 saturated carbocycles. The summed E-state index contributed by atoms with van der Waals surface area (Å²) < 4.78 is 20.6. The largest absolute Gasteiger partial charge is 0.339 e. The first-order valence-corrected chi connectivity index (χ1v) is 9.79. The van der Waals surface area contributed by atoms with Crippen molar-refractivity contribution < 1.29 is 13.7 Å². The van der Waals surface area contributed by atoms with Gasteiger partial charge in [0.15, 0.2) is 5.65 Å². The number of amides is 1. The number of aromatic nitrogens is 5. The number of aryl methyl sites for hydroxylation is 1. The van der Waals surface area contributed by atoms with Crippen LogP contribution >= 0.6 is 0 Å². The van der Waals surface area contributed by atoms with Crippen LogP contribution in [-0.4, -0.2) is 48.6 Å². The normalized spacial score (nSPS) is 16.9. The average molecular weight is 406 g/mol. The molecule has 0 bridgehead atoms. The van der Waals surface area contributed by atoms with E-state index < -0.39 is 0 Å². The topological polar surface area (TPSA) is 89.4 Å². The molecule has 152 valence electrons. The highest BCUT2D eigenvalue weighted by molar-refractivity contribution is 6.01. The van der Waals surface area contributed by atoms with Crippen LogP contribution in [0.25, 0.3) is 17.0 Å². The molecule has 1 atom stereocenters. The lowest BCUT2D eigenvalue weighted by molar-refractivity contribution is 0.0696. The molecule has 4 heterocycles. The number of hydrogen-bond acceptors (Lipinski definition) is 6. The van der Waals surface area contributed by atoms with Crippen molar-refractivity contribution in [1.29, 1.82) is 0 Å². The van der Waals surface area contributed by atoms with Crippen molar-refractivity contribution in [2.45, 2.75) is 25.7 Å². The molecule has 1 saturated heterocycles. The Morgan fingerprint density at radius 2 is 2.20 bits per heavy atom. The number of nitrogens with zero attached hydrogens (tertiary/aromatic N) is 6. The Hall–Kier alpha value is -3.62. The lowest BCUT2D eigenvalue weighted by Gasteiger charge is -2.30. The van der Waals surface area contributed by atoms with Crippen molar-refractivity contribution in [3.63, 3.8) is 0 Å². The van der Waals surface area contributed by atoms with Gasteiger partial charge in [-0.15, -0.1) is 0 Å². The maximum Gasteiger partial charge on any atom is 0.259 e. The molecule has 1 amide bonds. The first kappa shape index (κ1) is 18.4. The Morgan fingerprint density at radius 3 is 3.07 bits per heavy atom. The smallest absolute Gasteiger partial charge is 0.259 e. The fraction of sp³-hybridized carbons (Fsp3) is 0.286. The average Bonchev–Trinajstić information content (AvgIpc) is 3.38. The van der Waals surface area contributed by atoms with E-state index in [1.54, 1.807) is 40.0 Å². The standard InChI is InChI=1S/C21H19FN6O2/c1-13-17(19-23-8-4-10-28(19)25-13)21(29)27-9-3-6-15(12-27)20-24-18(26-30-20)14-5-2-7-16(22)11-14/h2,4-5,7-8,10-11,15H,3,6,9,12H2,1H3. The minimum atomic E-state index is -0.356. The van der Waals surface area contributed by atoms with Gasteiger partial charge in [-0.05, 0) is 38.0 Å². The van der Waals surface area contributed by atoms with Crippen LogP contribution in [0.1, 0.15) is 40.7 Å². The van der Waals surface area contributed by atoms with Crippen molar-refractivity contribution in [2.75, 3.05) is 13.1 Å². The summed E-state index contributed by atoms with van der Waals surface area (Å²) in [5.41, 5.74) is 2.27. The second kappa shape index (κ2) is 7.33. The minimum Gasteiger partial charge on any atom is -0.339 e. The molecule has 1 aliphatic heterocycles. The van der Waals surface area contributed by atoms with Crippen LogP contribution < -0.4 is 0 Å². The van der Waals surface area contributed by atoms with Gasteiger partial charge in [0, 0.05) is 31.0 Å². The van der Waals surface area contributed by atoms with E-state index in [1.165, 1.54) is 12.1 Å². The van der Waals surface area contributed by atoms with Crippen LogP contribution in [0.2, 0.25) is 0 Å². The summed E-state index contributed by atoms with van der Waals surface area (Å²) in [6, 6.07) is 7.85. The van der Waals surface area contributed by atoms with E-state index in [4.69, 9.17) is 4.52 Å². The summed E-state index contributed by atoms with van der Waals surface area (Å²) in [6.45, 7) is 2.92. The Morgan fingerprint density at radius 1 is 1.30 bits per heavy atom. The maximum absolute atomic E-state index is 13.5. The molecule has 3 aromatic heterocycles. The van der Waals surface area contributed by atoms with Crippen LogP contribution in [0.15, 0.2) is 47.2 Å². The van der Waals surface area contributed by atoms with Gasteiger partial charge in [-0.25, -0.2) is 13.9 Å². The van der Waals surface area contributed by atoms with Gasteiger partial charge in [0.1, 0.15) is 11.4 Å². The molecule has 0 spiro atoms. The van der Waals surface area contributed by atoms with Gasteiger partial charge in [-0.2, -0.15) is 10.1 Å². The van der Waals surface area contributed by atoms with Crippen molar-refractivity contribution >= 4 is 11.6 Å². The van der Waals surface area contributed by atoms with Gasteiger partial charge >= 0.3 is 0 Å². The molecule has 0 radical (unpaired) electrons. The Labute approximate surface area is 171 Å². The minimum absolute atomic E-state index is 0.0763. The lowest BCUT2D eigenvalue weighted by Crippen LogP contribution is -2.39. The molecule has 5 rings (SSSR count). The number of piperidine rings is 1. The zero-order valence-corrected chi connectivity index (χ0v) is 16.3. The number of carbonyl (C=O) groups is 1. The molecule has 1 aromatic carbocycles. The van der Waals surface area contributed by atoms with Gasteiger partial charge in [-0.1, -0.05) is 17.3 Å². The van der Waals surface area contributed by atoms with Crippen molar-refractivity contribution in [3.05, 3.63) is 65.7 Å². The SMILES string of the molecule is Cc1nn2cccnc2c1C(=O)N1CCCC(c2nc(-c3cccc(F)c3)no2)C1. The van der Waals surface area contributed by atoms with Crippen LogP contribution in [0.4, 0.5) is 4.39 Å². The van der Waals surface area contributed by atoms with Crippen molar-refractivity contribution in [1.82, 2.24) is 29.6 Å². The van der Waals surface area contributed by atoms with Gasteiger partial charge in [0.2, 0.25) is 11.7 Å². The summed E-state index contributed by atoms with van der Waals surface area (Å²) in [7, 11) is 0. The molecule has 1 aliphatic rings. The summed E-state index contributed by atoms with van der Waals surface area (Å²) in [5, 5.41) is 8.38. The third-order valence-electron chi connectivity index (χ3n) is 5.37. The summed E-state index contributed by atoms with van der Waals surface area (Å²) in [6.07, 6.45) is 5.08. The number of hydrogen-bond donors (Lipinski definition) is 0. The zero-order chi connectivity index (χ0) is 20.7. The number of halogens is 1. The third-order valence-corrected chi connectivity index (χ3v) is 5.37. The Balaban J connectivity index is 1.39. The first-order valence-electron chi connectivity index (χ1n) is 9.79. The van der Waals surface area contributed by atoms with Gasteiger partial charge in [0.25, 0.3) is 5.91 Å². The van der Waals surface area contributed by atoms with E-state index in [9.17, 15) is 9.18 Å². The Bertz CT molecular complexity index is 1230. The molecule has 8 nitrogen and oxygen atoms in total. The van der Waals surface area contributed by atoms with Crippen LogP contribution in [-0.2, 0) is 0 Å². The number of carbonyl (C=O) groups excluding carboxylic acids is 1. The molecular formula is C21H19FN6O2. The third kappa shape index (κ3) is 3.22. The summed E-state index contributed by atoms with van der Waals surface area (Å²) in [5.74, 6) is 0.270. The van der Waals surface area contributed by atoms with Crippen LogP contribution in [0.3, 0.4) is 0 Å². The molecule has 4 aromatic rings. The van der Waals surface area contributed by atoms with E-state index in [0.717, 1.165) is 12.8 Å². The number of benzene rings is 1. The zero-order valence-electron chi connectivity index (χ0n) is 16.3. The second-order valence-corrected chi connectivity index (χ2v) is 7.41. The van der Waals surface area contributed by atoms with Crippen molar-refractivity contribution in [3.8, 4) is 11.4 Å².